The largest absolute Gasteiger partial charge is 0.458 e. The predicted octanol–water partition coefficient (Wildman–Crippen LogP) is 7.59. The molecule has 0 unspecified atom stereocenters. The van der Waals surface area contributed by atoms with Crippen molar-refractivity contribution in [3.8, 4) is 11.1 Å². The Balaban J connectivity index is 1.63. The minimum absolute atomic E-state index is 0.175. The Labute approximate surface area is 223 Å². The van der Waals surface area contributed by atoms with E-state index in [1.54, 1.807) is 0 Å². The number of benzene rings is 4. The molecule has 5 heteroatoms. The molecule has 0 aromatic heterocycles. The minimum atomic E-state index is -0.455. The molecule has 4 aromatic rings. The van der Waals surface area contributed by atoms with Crippen molar-refractivity contribution >= 4 is 29.0 Å². The summed E-state index contributed by atoms with van der Waals surface area (Å²) in [5.41, 5.74) is 8.13. The quantitative estimate of drug-likeness (QED) is 0.165. The molecule has 0 bridgehead atoms. The van der Waals surface area contributed by atoms with E-state index in [0.29, 0.717) is 0 Å². The number of carbonyl (C=O) groups excluding carboxylic acids is 2. The van der Waals surface area contributed by atoms with Crippen LogP contribution in [-0.4, -0.2) is 11.9 Å². The number of esters is 2. The highest BCUT2D eigenvalue weighted by Crippen LogP contribution is 2.36. The van der Waals surface area contributed by atoms with Gasteiger partial charge in [-0.3, -0.25) is 0 Å². The number of carbonyl (C=O) groups is 2. The molecule has 0 spiro atoms. The molecule has 0 atom stereocenters. The fraction of sp³-hybridized carbons (Fsp3) is 0.0909. The van der Waals surface area contributed by atoms with Crippen molar-refractivity contribution in [1.29, 1.82) is 0 Å². The van der Waals surface area contributed by atoms with Gasteiger partial charge < -0.3 is 14.4 Å². The predicted molar refractivity (Wildman–Crippen MR) is 151 cm³/mol. The van der Waals surface area contributed by atoms with Crippen molar-refractivity contribution in [2.24, 2.45) is 0 Å². The van der Waals surface area contributed by atoms with E-state index in [9.17, 15) is 9.59 Å². The van der Waals surface area contributed by atoms with Crippen LogP contribution >= 0.6 is 0 Å². The summed E-state index contributed by atoms with van der Waals surface area (Å²) in [7, 11) is 0. The van der Waals surface area contributed by atoms with Gasteiger partial charge >= 0.3 is 11.9 Å². The Hall–Kier alpha value is -4.90. The zero-order chi connectivity index (χ0) is 26.9. The normalized spacial score (nSPS) is 10.3. The van der Waals surface area contributed by atoms with Crippen LogP contribution in [0.15, 0.2) is 122 Å². The van der Waals surface area contributed by atoms with Gasteiger partial charge in [0.25, 0.3) is 0 Å². The molecule has 5 nitrogen and oxygen atoms in total. The zero-order valence-electron chi connectivity index (χ0n) is 21.3. The Bertz CT molecular complexity index is 1340. The first kappa shape index (κ1) is 26.2. The van der Waals surface area contributed by atoms with Gasteiger partial charge in [-0.2, -0.15) is 0 Å². The van der Waals surface area contributed by atoms with Crippen LogP contribution in [0.25, 0.3) is 11.1 Å². The summed E-state index contributed by atoms with van der Waals surface area (Å²) >= 11 is 0. The second-order valence-corrected chi connectivity index (χ2v) is 8.70. The van der Waals surface area contributed by atoms with Crippen molar-refractivity contribution in [3.05, 3.63) is 139 Å². The van der Waals surface area contributed by atoms with Gasteiger partial charge in [0.15, 0.2) is 0 Å². The van der Waals surface area contributed by atoms with E-state index >= 15 is 0 Å². The first-order chi connectivity index (χ1) is 18.5. The third-order valence-corrected chi connectivity index (χ3v) is 6.00. The second kappa shape index (κ2) is 12.4. The molecule has 190 valence electrons. The van der Waals surface area contributed by atoms with Crippen molar-refractivity contribution < 1.29 is 19.1 Å². The molecule has 0 fully saturated rings. The topological polar surface area (TPSA) is 55.8 Å². The smallest absolute Gasteiger partial charge is 0.330 e. The lowest BCUT2D eigenvalue weighted by Crippen LogP contribution is -2.10. The molecule has 0 radical (unpaired) electrons. The van der Waals surface area contributed by atoms with Crippen molar-refractivity contribution in [3.63, 3.8) is 0 Å². The highest BCUT2D eigenvalue weighted by molar-refractivity contribution is 5.82. The van der Waals surface area contributed by atoms with Crippen molar-refractivity contribution in [2.45, 2.75) is 20.1 Å². The first-order valence-corrected chi connectivity index (χ1v) is 12.2. The molecule has 0 aliphatic rings. The van der Waals surface area contributed by atoms with Crippen LogP contribution in [-0.2, 0) is 32.3 Å². The van der Waals surface area contributed by atoms with E-state index in [1.165, 1.54) is 5.56 Å². The fourth-order valence-electron chi connectivity index (χ4n) is 3.91. The summed E-state index contributed by atoms with van der Waals surface area (Å²) in [6.45, 7) is 9.28. The number of ether oxygens (including phenoxy) is 2. The van der Waals surface area contributed by atoms with Gasteiger partial charge in [-0.25, -0.2) is 9.59 Å². The average molecular weight is 504 g/mol. The first-order valence-electron chi connectivity index (χ1n) is 12.2. The Morgan fingerprint density at radius 1 is 0.605 bits per heavy atom. The lowest BCUT2D eigenvalue weighted by molar-refractivity contribution is -0.139. The summed E-state index contributed by atoms with van der Waals surface area (Å²) in [5.74, 6) is -0.911. The van der Waals surface area contributed by atoms with Crippen LogP contribution in [0.5, 0.6) is 0 Å². The molecule has 4 aromatic carbocycles. The lowest BCUT2D eigenvalue weighted by Gasteiger charge is -2.26. The van der Waals surface area contributed by atoms with Gasteiger partial charge in [-0.1, -0.05) is 79.4 Å². The van der Waals surface area contributed by atoms with E-state index in [0.717, 1.165) is 51.5 Å². The van der Waals surface area contributed by atoms with Crippen LogP contribution in [0.3, 0.4) is 0 Å². The SMILES string of the molecule is C=CC(=O)OCc1ccc(N(c2ccc(COC(=O)C=C)cc2)c2ccc(-c3ccc(C)cc3)cc2)cc1. The Morgan fingerprint density at radius 2 is 0.947 bits per heavy atom. The summed E-state index contributed by atoms with van der Waals surface area (Å²) < 4.78 is 10.3. The molecule has 0 aliphatic carbocycles. The van der Waals surface area contributed by atoms with Gasteiger partial charge in [-0.05, 0) is 65.6 Å². The van der Waals surface area contributed by atoms with Crippen LogP contribution in [0.1, 0.15) is 16.7 Å². The molecular weight excluding hydrogens is 474 g/mol. The molecule has 0 saturated heterocycles. The third-order valence-electron chi connectivity index (χ3n) is 6.00. The third kappa shape index (κ3) is 6.65. The summed E-state index contributed by atoms with van der Waals surface area (Å²) in [5, 5.41) is 0. The van der Waals surface area contributed by atoms with E-state index in [2.05, 4.69) is 73.5 Å². The molecule has 38 heavy (non-hydrogen) atoms. The van der Waals surface area contributed by atoms with E-state index in [4.69, 9.17) is 9.47 Å². The second-order valence-electron chi connectivity index (χ2n) is 8.70. The van der Waals surface area contributed by atoms with E-state index < -0.39 is 11.9 Å². The number of aryl methyl sites for hydroxylation is 1. The summed E-state index contributed by atoms with van der Waals surface area (Å²) in [6.07, 6.45) is 2.30. The minimum Gasteiger partial charge on any atom is -0.458 e. The number of anilines is 3. The van der Waals surface area contributed by atoms with E-state index in [1.807, 2.05) is 48.5 Å². The van der Waals surface area contributed by atoms with Gasteiger partial charge in [-0.15, -0.1) is 0 Å². The summed E-state index contributed by atoms with van der Waals surface area (Å²) in [6, 6.07) is 32.6. The monoisotopic (exact) mass is 503 g/mol. The number of nitrogens with zero attached hydrogens (tertiary/aromatic N) is 1. The van der Waals surface area contributed by atoms with Gasteiger partial charge in [0.05, 0.1) is 0 Å². The van der Waals surface area contributed by atoms with Gasteiger partial charge in [0.2, 0.25) is 0 Å². The molecular formula is C33H29NO4. The van der Waals surface area contributed by atoms with Crippen LogP contribution in [0.2, 0.25) is 0 Å². The zero-order valence-corrected chi connectivity index (χ0v) is 21.3. The maximum atomic E-state index is 11.4. The average Bonchev–Trinajstić information content (AvgIpc) is 2.97. The number of hydrogen-bond acceptors (Lipinski definition) is 5. The molecule has 0 N–H and O–H groups in total. The van der Waals surface area contributed by atoms with Crippen molar-refractivity contribution in [1.82, 2.24) is 0 Å². The van der Waals surface area contributed by atoms with E-state index in [-0.39, 0.29) is 13.2 Å². The maximum Gasteiger partial charge on any atom is 0.330 e. The Kier molecular flexibility index (Phi) is 8.52. The molecule has 4 rings (SSSR count). The van der Waals surface area contributed by atoms with Crippen LogP contribution < -0.4 is 4.90 Å². The lowest BCUT2D eigenvalue weighted by atomic mass is 10.0. The number of hydrogen-bond donors (Lipinski definition) is 0. The molecule has 0 saturated carbocycles. The molecule has 0 aliphatic heterocycles. The van der Waals surface area contributed by atoms with Crippen LogP contribution in [0.4, 0.5) is 17.1 Å². The fourth-order valence-corrected chi connectivity index (χ4v) is 3.91. The highest BCUT2D eigenvalue weighted by atomic mass is 16.5. The van der Waals surface area contributed by atoms with Gasteiger partial charge in [0, 0.05) is 29.2 Å². The maximum absolute atomic E-state index is 11.4. The highest BCUT2D eigenvalue weighted by Gasteiger charge is 2.13. The molecule has 0 amide bonds. The summed E-state index contributed by atoms with van der Waals surface area (Å²) in [4.78, 5) is 25.0. The number of rotatable bonds is 10. The molecule has 0 heterocycles. The van der Waals surface area contributed by atoms with Crippen molar-refractivity contribution in [2.75, 3.05) is 4.90 Å². The van der Waals surface area contributed by atoms with Gasteiger partial charge in [0.1, 0.15) is 13.2 Å². The standard InChI is InChI=1S/C33H29NO4/c1-4-32(35)37-22-25-8-16-29(17-9-25)34(30-18-10-26(11-19-30)23-38-33(36)5-2)31-20-14-28(15-21-31)27-12-6-24(3)7-13-27/h4-21H,1-2,22-23H2,3H3. The Morgan fingerprint density at radius 3 is 1.32 bits per heavy atom. The van der Waals surface area contributed by atoms with Crippen LogP contribution in [0, 0.1) is 6.92 Å².